The minimum Gasteiger partial charge on any atom is -0.497 e. The maximum absolute atomic E-state index is 5.59. The van der Waals surface area contributed by atoms with E-state index >= 15 is 0 Å². The van der Waals surface area contributed by atoms with Gasteiger partial charge in [-0.1, -0.05) is 0 Å². The number of halogens is 1. The lowest BCUT2D eigenvalue weighted by Gasteiger charge is -2.16. The second-order valence-electron chi connectivity index (χ2n) is 3.89. The standard InChI is InChI=1S/C13H21N3O2.HI/c1-14-13(16(2)3)15-9-10-18-12-7-5-11(17-4)6-8-12;/h5-8H,9-10H2,1-4H3,(H,14,15);1H. The molecule has 1 N–H and O–H groups in total. The van der Waals surface area contributed by atoms with Crippen LogP contribution < -0.4 is 14.8 Å². The molecule has 1 aromatic carbocycles. The van der Waals surface area contributed by atoms with Crippen LogP contribution in [0.5, 0.6) is 11.5 Å². The van der Waals surface area contributed by atoms with Gasteiger partial charge in [-0.25, -0.2) is 0 Å². The fourth-order valence-corrected chi connectivity index (χ4v) is 1.44. The van der Waals surface area contributed by atoms with Gasteiger partial charge in [0, 0.05) is 21.1 Å². The molecule has 0 aliphatic heterocycles. The van der Waals surface area contributed by atoms with Crippen molar-refractivity contribution in [3.8, 4) is 11.5 Å². The van der Waals surface area contributed by atoms with E-state index in [9.17, 15) is 0 Å². The van der Waals surface area contributed by atoms with Gasteiger partial charge in [0.05, 0.1) is 13.7 Å². The summed E-state index contributed by atoms with van der Waals surface area (Å²) in [5.74, 6) is 2.50. The molecule has 0 aliphatic rings. The molecule has 0 bridgehead atoms. The third-order valence-corrected chi connectivity index (χ3v) is 2.35. The molecule has 0 heterocycles. The summed E-state index contributed by atoms with van der Waals surface area (Å²) in [5.41, 5.74) is 0. The maximum Gasteiger partial charge on any atom is 0.193 e. The molecule has 5 nitrogen and oxygen atoms in total. The van der Waals surface area contributed by atoms with Gasteiger partial charge in [0.15, 0.2) is 5.96 Å². The number of nitrogens with zero attached hydrogens (tertiary/aromatic N) is 2. The van der Waals surface area contributed by atoms with Gasteiger partial charge in [-0.3, -0.25) is 4.99 Å². The molecule has 0 spiro atoms. The van der Waals surface area contributed by atoms with Crippen LogP contribution in [-0.4, -0.2) is 52.3 Å². The average molecular weight is 379 g/mol. The molecule has 108 valence electrons. The molecule has 0 fully saturated rings. The Morgan fingerprint density at radius 2 is 1.79 bits per heavy atom. The fraction of sp³-hybridized carbons (Fsp3) is 0.462. The Morgan fingerprint density at radius 3 is 2.26 bits per heavy atom. The van der Waals surface area contributed by atoms with Gasteiger partial charge in [-0.05, 0) is 24.3 Å². The molecular formula is C13H22IN3O2. The van der Waals surface area contributed by atoms with Crippen LogP contribution in [0, 0.1) is 0 Å². The Hall–Kier alpha value is -1.18. The third-order valence-electron chi connectivity index (χ3n) is 2.35. The van der Waals surface area contributed by atoms with Crippen molar-refractivity contribution in [2.45, 2.75) is 0 Å². The van der Waals surface area contributed by atoms with Crippen LogP contribution in [0.3, 0.4) is 0 Å². The molecule has 0 saturated carbocycles. The first-order chi connectivity index (χ1) is 8.67. The monoisotopic (exact) mass is 379 g/mol. The van der Waals surface area contributed by atoms with Gasteiger partial charge in [0.1, 0.15) is 18.1 Å². The summed E-state index contributed by atoms with van der Waals surface area (Å²) in [7, 11) is 7.29. The quantitative estimate of drug-likeness (QED) is 0.367. The summed E-state index contributed by atoms with van der Waals surface area (Å²) in [6, 6.07) is 7.53. The zero-order chi connectivity index (χ0) is 13.4. The maximum atomic E-state index is 5.59. The van der Waals surface area contributed by atoms with Crippen molar-refractivity contribution in [3.63, 3.8) is 0 Å². The average Bonchev–Trinajstić information content (AvgIpc) is 2.39. The fourth-order valence-electron chi connectivity index (χ4n) is 1.44. The van der Waals surface area contributed by atoms with Crippen molar-refractivity contribution < 1.29 is 9.47 Å². The Balaban J connectivity index is 0.00000324. The first kappa shape index (κ1) is 17.8. The number of rotatable bonds is 5. The van der Waals surface area contributed by atoms with Gasteiger partial charge in [-0.15, -0.1) is 24.0 Å². The molecule has 0 radical (unpaired) electrons. The van der Waals surface area contributed by atoms with Crippen LogP contribution in [0.2, 0.25) is 0 Å². The van der Waals surface area contributed by atoms with Gasteiger partial charge in [0.25, 0.3) is 0 Å². The zero-order valence-corrected chi connectivity index (χ0v) is 14.2. The molecular weight excluding hydrogens is 357 g/mol. The predicted molar refractivity (Wildman–Crippen MR) is 89.0 cm³/mol. The van der Waals surface area contributed by atoms with Crippen LogP contribution in [-0.2, 0) is 0 Å². The van der Waals surface area contributed by atoms with Crippen molar-refractivity contribution in [2.75, 3.05) is 41.4 Å². The van der Waals surface area contributed by atoms with Gasteiger partial charge >= 0.3 is 0 Å². The molecule has 0 unspecified atom stereocenters. The molecule has 0 atom stereocenters. The molecule has 0 amide bonds. The topological polar surface area (TPSA) is 46.1 Å². The van der Waals surface area contributed by atoms with E-state index in [1.807, 2.05) is 43.3 Å². The van der Waals surface area contributed by atoms with Crippen LogP contribution in [0.1, 0.15) is 0 Å². The first-order valence-electron chi connectivity index (χ1n) is 5.82. The van der Waals surface area contributed by atoms with Crippen molar-refractivity contribution in [1.82, 2.24) is 10.2 Å². The zero-order valence-electron chi connectivity index (χ0n) is 11.8. The van der Waals surface area contributed by atoms with E-state index in [-0.39, 0.29) is 24.0 Å². The second kappa shape index (κ2) is 9.71. The van der Waals surface area contributed by atoms with E-state index in [1.54, 1.807) is 14.2 Å². The van der Waals surface area contributed by atoms with Gasteiger partial charge in [0.2, 0.25) is 0 Å². The number of benzene rings is 1. The lowest BCUT2D eigenvalue weighted by Crippen LogP contribution is -2.38. The lowest BCUT2D eigenvalue weighted by atomic mass is 10.3. The van der Waals surface area contributed by atoms with Crippen LogP contribution in [0.25, 0.3) is 0 Å². The number of methoxy groups -OCH3 is 1. The van der Waals surface area contributed by atoms with Crippen LogP contribution >= 0.6 is 24.0 Å². The van der Waals surface area contributed by atoms with E-state index in [1.165, 1.54) is 0 Å². The van der Waals surface area contributed by atoms with Gasteiger partial charge in [-0.2, -0.15) is 0 Å². The minimum absolute atomic E-state index is 0. The van der Waals surface area contributed by atoms with E-state index < -0.39 is 0 Å². The van der Waals surface area contributed by atoms with E-state index in [0.29, 0.717) is 13.2 Å². The van der Waals surface area contributed by atoms with Crippen molar-refractivity contribution in [3.05, 3.63) is 24.3 Å². The highest BCUT2D eigenvalue weighted by atomic mass is 127. The summed E-state index contributed by atoms with van der Waals surface area (Å²) in [4.78, 5) is 6.04. The SMILES string of the molecule is CN=C(NCCOc1ccc(OC)cc1)N(C)C.I. The Morgan fingerprint density at radius 1 is 1.21 bits per heavy atom. The molecule has 19 heavy (non-hydrogen) atoms. The van der Waals surface area contributed by atoms with E-state index in [4.69, 9.17) is 9.47 Å². The third kappa shape index (κ3) is 6.51. The van der Waals surface area contributed by atoms with Crippen molar-refractivity contribution >= 4 is 29.9 Å². The smallest absolute Gasteiger partial charge is 0.193 e. The van der Waals surface area contributed by atoms with Crippen LogP contribution in [0.15, 0.2) is 29.3 Å². The van der Waals surface area contributed by atoms with Gasteiger partial charge < -0.3 is 19.7 Å². The molecule has 1 aromatic rings. The summed E-state index contributed by atoms with van der Waals surface area (Å²) in [5, 5.41) is 3.19. The highest BCUT2D eigenvalue weighted by Gasteiger charge is 1.99. The summed E-state index contributed by atoms with van der Waals surface area (Å²) >= 11 is 0. The van der Waals surface area contributed by atoms with Crippen molar-refractivity contribution in [1.29, 1.82) is 0 Å². The number of ether oxygens (including phenoxy) is 2. The number of aliphatic imine (C=N–C) groups is 1. The number of guanidine groups is 1. The van der Waals surface area contributed by atoms with Crippen molar-refractivity contribution in [2.24, 2.45) is 4.99 Å². The minimum atomic E-state index is 0. The Labute approximate surface area is 132 Å². The summed E-state index contributed by atoms with van der Waals surface area (Å²) < 4.78 is 10.7. The normalized spacial score (nSPS) is 10.4. The highest BCUT2D eigenvalue weighted by Crippen LogP contribution is 2.16. The van der Waals surface area contributed by atoms with E-state index in [2.05, 4.69) is 10.3 Å². The largest absolute Gasteiger partial charge is 0.497 e. The number of nitrogens with one attached hydrogen (secondary N) is 1. The predicted octanol–water partition coefficient (Wildman–Crippen LogP) is 1.83. The highest BCUT2D eigenvalue weighted by molar-refractivity contribution is 14.0. The molecule has 0 saturated heterocycles. The summed E-state index contributed by atoms with van der Waals surface area (Å²) in [6.07, 6.45) is 0. The lowest BCUT2D eigenvalue weighted by molar-refractivity contribution is 0.319. The first-order valence-corrected chi connectivity index (χ1v) is 5.82. The van der Waals surface area contributed by atoms with E-state index in [0.717, 1.165) is 17.5 Å². The molecule has 0 aliphatic carbocycles. The Kier molecular flexibility index (Phi) is 9.11. The second-order valence-corrected chi connectivity index (χ2v) is 3.89. The Bertz CT molecular complexity index is 380. The number of hydrogen-bond acceptors (Lipinski definition) is 3. The molecule has 0 aromatic heterocycles. The molecule has 1 rings (SSSR count). The summed E-state index contributed by atoms with van der Waals surface area (Å²) in [6.45, 7) is 1.29. The number of hydrogen-bond donors (Lipinski definition) is 1. The van der Waals surface area contributed by atoms with Crippen LogP contribution in [0.4, 0.5) is 0 Å². The molecule has 6 heteroatoms.